The van der Waals surface area contributed by atoms with Crippen LogP contribution in [0.5, 0.6) is 0 Å². The second kappa shape index (κ2) is 7.56. The van der Waals surface area contributed by atoms with Crippen LogP contribution in [0, 0.1) is 13.8 Å². The van der Waals surface area contributed by atoms with Crippen molar-refractivity contribution in [2.24, 2.45) is 0 Å². The molecule has 0 saturated heterocycles. The number of amides is 1. The normalized spacial score (nSPS) is 10.3. The number of carbonyl (C=O) groups is 1. The number of methoxy groups -OCH3 is 1. The van der Waals surface area contributed by atoms with Gasteiger partial charge in [0.15, 0.2) is 0 Å². The van der Waals surface area contributed by atoms with Crippen molar-refractivity contribution in [1.82, 2.24) is 4.98 Å². The molecule has 1 aromatic carbocycles. The van der Waals surface area contributed by atoms with Gasteiger partial charge in [0.25, 0.3) is 5.91 Å². The lowest BCUT2D eigenvalue weighted by Gasteiger charge is -2.10. The number of carbonyl (C=O) groups excluding carboxylic acids is 1. The predicted molar refractivity (Wildman–Crippen MR) is 88.5 cm³/mol. The van der Waals surface area contributed by atoms with Crippen molar-refractivity contribution in [3.8, 4) is 0 Å². The van der Waals surface area contributed by atoms with Crippen molar-refractivity contribution in [3.05, 3.63) is 53.3 Å². The summed E-state index contributed by atoms with van der Waals surface area (Å²) in [5.74, 6) is -0.218. The van der Waals surface area contributed by atoms with Crippen molar-refractivity contribution < 1.29 is 9.53 Å². The number of aryl methyl sites for hydroxylation is 2. The van der Waals surface area contributed by atoms with Gasteiger partial charge < -0.3 is 15.4 Å². The summed E-state index contributed by atoms with van der Waals surface area (Å²) in [5, 5.41) is 6.09. The van der Waals surface area contributed by atoms with Crippen LogP contribution in [0.15, 0.2) is 36.5 Å². The molecule has 116 valence electrons. The molecule has 0 atom stereocenters. The van der Waals surface area contributed by atoms with Crippen molar-refractivity contribution in [3.63, 3.8) is 0 Å². The SMILES string of the molecule is COCCNc1ccnc(C(=O)Nc2cc(C)ccc2C)c1. The lowest BCUT2D eigenvalue weighted by atomic mass is 10.1. The van der Waals surface area contributed by atoms with E-state index >= 15 is 0 Å². The maximum atomic E-state index is 12.3. The minimum Gasteiger partial charge on any atom is -0.383 e. The monoisotopic (exact) mass is 299 g/mol. The van der Waals surface area contributed by atoms with Crippen molar-refractivity contribution in [2.75, 3.05) is 30.9 Å². The molecule has 0 saturated carbocycles. The first-order valence-electron chi connectivity index (χ1n) is 7.17. The third kappa shape index (κ3) is 4.30. The Kier molecular flexibility index (Phi) is 5.49. The van der Waals surface area contributed by atoms with Crippen LogP contribution >= 0.6 is 0 Å². The molecule has 0 unspecified atom stereocenters. The van der Waals surface area contributed by atoms with Crippen molar-refractivity contribution in [1.29, 1.82) is 0 Å². The molecule has 1 aromatic heterocycles. The largest absolute Gasteiger partial charge is 0.383 e. The highest BCUT2D eigenvalue weighted by Gasteiger charge is 2.10. The highest BCUT2D eigenvalue weighted by Crippen LogP contribution is 2.17. The van der Waals surface area contributed by atoms with E-state index in [4.69, 9.17) is 4.74 Å². The maximum Gasteiger partial charge on any atom is 0.274 e. The summed E-state index contributed by atoms with van der Waals surface area (Å²) in [6.07, 6.45) is 1.62. The van der Waals surface area contributed by atoms with E-state index in [9.17, 15) is 4.79 Å². The van der Waals surface area contributed by atoms with Crippen LogP contribution in [0.3, 0.4) is 0 Å². The van der Waals surface area contributed by atoms with E-state index in [0.717, 1.165) is 22.5 Å². The Labute approximate surface area is 130 Å². The van der Waals surface area contributed by atoms with Gasteiger partial charge in [0.2, 0.25) is 0 Å². The van der Waals surface area contributed by atoms with Crippen molar-refractivity contribution in [2.45, 2.75) is 13.8 Å². The zero-order valence-corrected chi connectivity index (χ0v) is 13.1. The number of hydrogen-bond acceptors (Lipinski definition) is 4. The van der Waals surface area contributed by atoms with E-state index in [-0.39, 0.29) is 5.91 Å². The van der Waals surface area contributed by atoms with Gasteiger partial charge in [-0.1, -0.05) is 12.1 Å². The zero-order chi connectivity index (χ0) is 15.9. The molecule has 0 bridgehead atoms. The van der Waals surface area contributed by atoms with Crippen LogP contribution in [0.1, 0.15) is 21.6 Å². The predicted octanol–water partition coefficient (Wildman–Crippen LogP) is 3.01. The van der Waals surface area contributed by atoms with Gasteiger partial charge in [-0.05, 0) is 43.2 Å². The van der Waals surface area contributed by atoms with Crippen LogP contribution in [0.2, 0.25) is 0 Å². The highest BCUT2D eigenvalue weighted by atomic mass is 16.5. The fraction of sp³-hybridized carbons (Fsp3) is 0.294. The van der Waals surface area contributed by atoms with E-state index in [1.54, 1.807) is 19.4 Å². The van der Waals surface area contributed by atoms with Gasteiger partial charge >= 0.3 is 0 Å². The number of nitrogens with one attached hydrogen (secondary N) is 2. The molecule has 0 spiro atoms. The van der Waals surface area contributed by atoms with E-state index in [2.05, 4.69) is 15.6 Å². The molecule has 2 N–H and O–H groups in total. The second-order valence-electron chi connectivity index (χ2n) is 5.12. The first-order chi connectivity index (χ1) is 10.6. The molecule has 0 radical (unpaired) electrons. The van der Waals surface area contributed by atoms with Crippen LogP contribution in [0.4, 0.5) is 11.4 Å². The van der Waals surface area contributed by atoms with Gasteiger partial charge in [0, 0.05) is 31.2 Å². The van der Waals surface area contributed by atoms with E-state index in [1.807, 2.05) is 38.1 Å². The quantitative estimate of drug-likeness (QED) is 0.805. The lowest BCUT2D eigenvalue weighted by Crippen LogP contribution is -2.15. The van der Waals surface area contributed by atoms with Gasteiger partial charge in [0.05, 0.1) is 6.61 Å². The third-order valence-electron chi connectivity index (χ3n) is 3.27. The summed E-state index contributed by atoms with van der Waals surface area (Å²) in [6.45, 7) is 5.24. The summed E-state index contributed by atoms with van der Waals surface area (Å²) in [4.78, 5) is 16.5. The van der Waals surface area contributed by atoms with Gasteiger partial charge in [-0.25, -0.2) is 0 Å². The second-order valence-corrected chi connectivity index (χ2v) is 5.12. The molecule has 0 fully saturated rings. The summed E-state index contributed by atoms with van der Waals surface area (Å²) in [5.41, 5.74) is 4.16. The number of pyridine rings is 1. The van der Waals surface area contributed by atoms with Gasteiger partial charge in [-0.15, -0.1) is 0 Å². The molecule has 5 nitrogen and oxygen atoms in total. The van der Waals surface area contributed by atoms with Crippen LogP contribution in [-0.4, -0.2) is 31.2 Å². The third-order valence-corrected chi connectivity index (χ3v) is 3.27. The van der Waals surface area contributed by atoms with E-state index in [0.29, 0.717) is 18.8 Å². The average Bonchev–Trinajstić information content (AvgIpc) is 2.51. The Bertz CT molecular complexity index is 656. The highest BCUT2D eigenvalue weighted by molar-refractivity contribution is 6.03. The van der Waals surface area contributed by atoms with E-state index in [1.165, 1.54) is 0 Å². The van der Waals surface area contributed by atoms with Crippen molar-refractivity contribution >= 4 is 17.3 Å². The first kappa shape index (κ1) is 16.0. The molecular weight excluding hydrogens is 278 g/mol. The zero-order valence-electron chi connectivity index (χ0n) is 13.1. The van der Waals surface area contributed by atoms with Gasteiger partial charge in [-0.3, -0.25) is 9.78 Å². The molecule has 22 heavy (non-hydrogen) atoms. The Morgan fingerprint density at radius 1 is 1.23 bits per heavy atom. The minimum absolute atomic E-state index is 0.218. The molecule has 1 amide bonds. The van der Waals surface area contributed by atoms with Crippen LogP contribution in [0.25, 0.3) is 0 Å². The number of nitrogens with zero attached hydrogens (tertiary/aromatic N) is 1. The molecular formula is C17H21N3O2. The topological polar surface area (TPSA) is 63.2 Å². The number of aromatic nitrogens is 1. The fourth-order valence-electron chi connectivity index (χ4n) is 2.02. The van der Waals surface area contributed by atoms with Crippen LogP contribution in [-0.2, 0) is 4.74 Å². The molecule has 0 aliphatic heterocycles. The molecule has 5 heteroatoms. The minimum atomic E-state index is -0.218. The number of ether oxygens (including phenoxy) is 1. The smallest absolute Gasteiger partial charge is 0.274 e. The molecule has 2 aromatic rings. The molecule has 0 aliphatic rings. The number of hydrogen-bond donors (Lipinski definition) is 2. The van der Waals surface area contributed by atoms with Gasteiger partial charge in [0.1, 0.15) is 5.69 Å². The first-order valence-corrected chi connectivity index (χ1v) is 7.17. The Morgan fingerprint density at radius 3 is 2.82 bits per heavy atom. The summed E-state index contributed by atoms with van der Waals surface area (Å²) in [6, 6.07) is 9.51. The average molecular weight is 299 g/mol. The summed E-state index contributed by atoms with van der Waals surface area (Å²) < 4.78 is 4.99. The number of anilines is 2. The van der Waals surface area contributed by atoms with Crippen LogP contribution < -0.4 is 10.6 Å². The number of benzene rings is 1. The summed E-state index contributed by atoms with van der Waals surface area (Å²) in [7, 11) is 1.65. The summed E-state index contributed by atoms with van der Waals surface area (Å²) >= 11 is 0. The lowest BCUT2D eigenvalue weighted by molar-refractivity contribution is 0.102. The number of rotatable bonds is 6. The molecule has 0 aliphatic carbocycles. The van der Waals surface area contributed by atoms with Gasteiger partial charge in [-0.2, -0.15) is 0 Å². The molecule has 2 rings (SSSR count). The standard InChI is InChI=1S/C17H21N3O2/c1-12-4-5-13(2)15(10-12)20-17(21)16-11-14(6-7-19-16)18-8-9-22-3/h4-7,10-11H,8-9H2,1-3H3,(H,18,19)(H,20,21). The molecule has 1 heterocycles. The van der Waals surface area contributed by atoms with E-state index < -0.39 is 0 Å². The maximum absolute atomic E-state index is 12.3. The Hall–Kier alpha value is -2.40. The Morgan fingerprint density at radius 2 is 2.05 bits per heavy atom. The fourth-order valence-corrected chi connectivity index (χ4v) is 2.02. The Balaban J connectivity index is 2.09.